The van der Waals surface area contributed by atoms with Gasteiger partial charge in [-0.05, 0) is 30.3 Å². The van der Waals surface area contributed by atoms with Gasteiger partial charge in [0.2, 0.25) is 0 Å². The Morgan fingerprint density at radius 1 is 1.12 bits per heavy atom. The maximum Gasteiger partial charge on any atom is 0.254 e. The summed E-state index contributed by atoms with van der Waals surface area (Å²) in [5.74, 6) is 3.38. The van der Waals surface area contributed by atoms with Gasteiger partial charge in [-0.2, -0.15) is 5.26 Å². The van der Waals surface area contributed by atoms with E-state index in [4.69, 9.17) is 11.7 Å². The lowest BCUT2D eigenvalue weighted by atomic mass is 10.1. The van der Waals surface area contributed by atoms with Gasteiger partial charge in [0.05, 0.1) is 5.56 Å². The van der Waals surface area contributed by atoms with E-state index in [0.717, 1.165) is 5.82 Å². The minimum atomic E-state index is -0.000428. The summed E-state index contributed by atoms with van der Waals surface area (Å²) in [4.78, 5) is 20.8. The molecular formula is C19H16N4O. The quantitative estimate of drug-likeness (QED) is 0.794. The van der Waals surface area contributed by atoms with Gasteiger partial charge in [0.1, 0.15) is 11.9 Å². The molecule has 0 saturated carbocycles. The highest BCUT2D eigenvalue weighted by Crippen LogP contribution is 2.16. The molecule has 0 N–H and O–H groups in total. The van der Waals surface area contributed by atoms with Crippen molar-refractivity contribution in [3.8, 4) is 18.4 Å². The fourth-order valence-corrected chi connectivity index (χ4v) is 2.70. The maximum absolute atomic E-state index is 12.6. The molecule has 0 aliphatic carbocycles. The van der Waals surface area contributed by atoms with Gasteiger partial charge in [-0.25, -0.2) is 4.98 Å². The molecular weight excluding hydrogens is 300 g/mol. The van der Waals surface area contributed by atoms with Crippen molar-refractivity contribution in [2.75, 3.05) is 31.1 Å². The molecule has 3 rings (SSSR count). The normalized spacial score (nSPS) is 13.9. The lowest BCUT2D eigenvalue weighted by Crippen LogP contribution is -2.49. The van der Waals surface area contributed by atoms with Crippen molar-refractivity contribution >= 4 is 11.7 Å². The third-order valence-corrected chi connectivity index (χ3v) is 4.04. The average Bonchev–Trinajstić information content (AvgIpc) is 2.67. The number of amides is 1. The van der Waals surface area contributed by atoms with Crippen LogP contribution in [0.25, 0.3) is 0 Å². The Balaban J connectivity index is 1.65. The Labute approximate surface area is 141 Å². The van der Waals surface area contributed by atoms with Crippen LogP contribution in [0.2, 0.25) is 0 Å². The largest absolute Gasteiger partial charge is 0.353 e. The Hall–Kier alpha value is -3.31. The van der Waals surface area contributed by atoms with E-state index in [-0.39, 0.29) is 5.91 Å². The summed E-state index contributed by atoms with van der Waals surface area (Å²) in [7, 11) is 0. The van der Waals surface area contributed by atoms with Crippen molar-refractivity contribution < 1.29 is 4.79 Å². The van der Waals surface area contributed by atoms with Crippen molar-refractivity contribution in [3.05, 3.63) is 59.3 Å². The van der Waals surface area contributed by atoms with Crippen molar-refractivity contribution in [1.29, 1.82) is 5.26 Å². The van der Waals surface area contributed by atoms with Crippen LogP contribution in [-0.4, -0.2) is 42.0 Å². The Kier molecular flexibility index (Phi) is 4.45. The smallest absolute Gasteiger partial charge is 0.254 e. The van der Waals surface area contributed by atoms with Crippen LogP contribution in [0.3, 0.4) is 0 Å². The molecule has 1 fully saturated rings. The molecule has 5 nitrogen and oxygen atoms in total. The van der Waals surface area contributed by atoms with Crippen LogP contribution < -0.4 is 4.90 Å². The van der Waals surface area contributed by atoms with Crippen molar-refractivity contribution in [1.82, 2.24) is 9.88 Å². The highest BCUT2D eigenvalue weighted by atomic mass is 16.2. The molecule has 0 bridgehead atoms. The molecule has 5 heteroatoms. The summed E-state index contributed by atoms with van der Waals surface area (Å²) in [5, 5.41) is 8.82. The average molecular weight is 316 g/mol. The van der Waals surface area contributed by atoms with Gasteiger partial charge in [0.25, 0.3) is 5.91 Å². The van der Waals surface area contributed by atoms with Crippen molar-refractivity contribution in [2.24, 2.45) is 0 Å². The van der Waals surface area contributed by atoms with Gasteiger partial charge in [0.15, 0.2) is 0 Å². The number of aromatic nitrogens is 1. The van der Waals surface area contributed by atoms with Gasteiger partial charge >= 0.3 is 0 Å². The molecule has 1 aliphatic rings. The third kappa shape index (κ3) is 3.21. The van der Waals surface area contributed by atoms with Crippen LogP contribution in [0.4, 0.5) is 5.82 Å². The zero-order valence-electron chi connectivity index (χ0n) is 13.1. The number of terminal acetylenes is 1. The summed E-state index contributed by atoms with van der Waals surface area (Å²) >= 11 is 0. The van der Waals surface area contributed by atoms with Crippen molar-refractivity contribution in [3.63, 3.8) is 0 Å². The second kappa shape index (κ2) is 6.85. The zero-order chi connectivity index (χ0) is 16.9. The molecule has 24 heavy (non-hydrogen) atoms. The fourth-order valence-electron chi connectivity index (χ4n) is 2.70. The van der Waals surface area contributed by atoms with E-state index in [1.807, 2.05) is 17.0 Å². The molecule has 2 heterocycles. The third-order valence-electron chi connectivity index (χ3n) is 4.04. The summed E-state index contributed by atoms with van der Waals surface area (Å²) in [6.45, 7) is 2.67. The molecule has 1 aromatic heterocycles. The van der Waals surface area contributed by atoms with E-state index in [9.17, 15) is 4.79 Å². The monoisotopic (exact) mass is 316 g/mol. The molecule has 0 spiro atoms. The van der Waals surface area contributed by atoms with Crippen LogP contribution in [0.5, 0.6) is 0 Å². The highest BCUT2D eigenvalue weighted by Gasteiger charge is 2.22. The molecule has 1 aromatic carbocycles. The summed E-state index contributed by atoms with van der Waals surface area (Å²) in [6.07, 6.45) is 6.96. The number of benzene rings is 1. The number of pyridine rings is 1. The van der Waals surface area contributed by atoms with Gasteiger partial charge in [0, 0.05) is 43.5 Å². The van der Waals surface area contributed by atoms with Gasteiger partial charge in [-0.15, -0.1) is 6.42 Å². The minimum Gasteiger partial charge on any atom is -0.353 e. The lowest BCUT2D eigenvalue weighted by molar-refractivity contribution is 0.0746. The predicted octanol–water partition coefficient (Wildman–Crippen LogP) is 1.90. The second-order valence-corrected chi connectivity index (χ2v) is 5.52. The molecule has 1 amide bonds. The molecule has 118 valence electrons. The number of nitrogens with zero attached hydrogens (tertiary/aromatic N) is 4. The highest BCUT2D eigenvalue weighted by molar-refractivity contribution is 5.94. The first-order valence-electron chi connectivity index (χ1n) is 7.68. The van der Waals surface area contributed by atoms with Crippen LogP contribution in [0.15, 0.2) is 42.6 Å². The van der Waals surface area contributed by atoms with E-state index in [0.29, 0.717) is 42.9 Å². The molecule has 0 radical (unpaired) electrons. The lowest BCUT2D eigenvalue weighted by Gasteiger charge is -2.35. The predicted molar refractivity (Wildman–Crippen MR) is 91.4 cm³/mol. The molecule has 0 atom stereocenters. The van der Waals surface area contributed by atoms with Gasteiger partial charge in [-0.1, -0.05) is 12.0 Å². The minimum absolute atomic E-state index is 0.000428. The first-order valence-corrected chi connectivity index (χ1v) is 7.68. The van der Waals surface area contributed by atoms with Crippen LogP contribution in [0.1, 0.15) is 21.5 Å². The fraction of sp³-hybridized carbons (Fsp3) is 0.211. The van der Waals surface area contributed by atoms with E-state index in [2.05, 4.69) is 21.9 Å². The summed E-state index contributed by atoms with van der Waals surface area (Å²) < 4.78 is 0. The molecule has 2 aromatic rings. The zero-order valence-corrected chi connectivity index (χ0v) is 13.1. The molecule has 1 aliphatic heterocycles. The topological polar surface area (TPSA) is 60.2 Å². The SMILES string of the molecule is C#Cc1cccc(C(=O)N2CCN(c3ccc(C#N)cn3)CC2)c1. The van der Waals surface area contributed by atoms with Crippen LogP contribution >= 0.6 is 0 Å². The second-order valence-electron chi connectivity index (χ2n) is 5.52. The number of hydrogen-bond acceptors (Lipinski definition) is 4. The number of hydrogen-bond donors (Lipinski definition) is 0. The first-order chi connectivity index (χ1) is 11.7. The van der Waals surface area contributed by atoms with Crippen LogP contribution in [-0.2, 0) is 0 Å². The molecule has 1 saturated heterocycles. The number of carbonyl (C=O) groups excluding carboxylic acids is 1. The maximum atomic E-state index is 12.6. The molecule has 0 unspecified atom stereocenters. The Morgan fingerprint density at radius 3 is 2.54 bits per heavy atom. The van der Waals surface area contributed by atoms with E-state index < -0.39 is 0 Å². The standard InChI is InChI=1S/C19H16N4O/c1-2-15-4-3-5-17(12-15)19(24)23-10-8-22(9-11-23)18-7-6-16(13-20)14-21-18/h1,3-7,12,14H,8-11H2. The van der Waals surface area contributed by atoms with E-state index in [1.165, 1.54) is 0 Å². The van der Waals surface area contributed by atoms with E-state index in [1.54, 1.807) is 30.5 Å². The summed E-state index contributed by atoms with van der Waals surface area (Å²) in [5.41, 5.74) is 1.87. The number of rotatable bonds is 2. The van der Waals surface area contributed by atoms with Gasteiger partial charge < -0.3 is 9.80 Å². The number of anilines is 1. The van der Waals surface area contributed by atoms with Crippen molar-refractivity contribution in [2.45, 2.75) is 0 Å². The van der Waals surface area contributed by atoms with Gasteiger partial charge in [-0.3, -0.25) is 4.79 Å². The first kappa shape index (κ1) is 15.6. The number of piperazine rings is 1. The Morgan fingerprint density at radius 2 is 1.92 bits per heavy atom. The van der Waals surface area contributed by atoms with E-state index >= 15 is 0 Å². The Bertz CT molecular complexity index is 822. The number of carbonyl (C=O) groups is 1. The number of nitriles is 1. The van der Waals surface area contributed by atoms with Crippen LogP contribution in [0, 0.1) is 23.7 Å². The summed E-state index contributed by atoms with van der Waals surface area (Å²) in [6, 6.07) is 12.8.